The van der Waals surface area contributed by atoms with Crippen LogP contribution in [0.5, 0.6) is 0 Å². The lowest BCUT2D eigenvalue weighted by Gasteiger charge is -2.37. The highest BCUT2D eigenvalue weighted by atomic mass is 16.5. The summed E-state index contributed by atoms with van der Waals surface area (Å²) in [7, 11) is 0. The lowest BCUT2D eigenvalue weighted by Crippen LogP contribution is -2.48. The minimum absolute atomic E-state index is 0.0118. The van der Waals surface area contributed by atoms with Crippen molar-refractivity contribution in [2.75, 3.05) is 32.8 Å². The number of carbonyl (C=O) groups excluding carboxylic acids is 1. The highest BCUT2D eigenvalue weighted by molar-refractivity contribution is 5.97. The molecule has 144 valence electrons. The Morgan fingerprint density at radius 2 is 2.00 bits per heavy atom. The van der Waals surface area contributed by atoms with Crippen molar-refractivity contribution >= 4 is 5.91 Å². The standard InChI is InChI=1S/C17H24N8O2/c26-17(15-7-18-20-16(15)25-11-19-21-22-25)24-9-12-1-2-14(24)10-23(8-12)13-3-5-27-6-4-13/h7,11-14H,1-6,8-10H2,(H,18,20)/t12-,14+/m0/s1. The summed E-state index contributed by atoms with van der Waals surface area (Å²) in [6.07, 6.45) is 7.49. The number of piperidine rings is 1. The number of carbonyl (C=O) groups is 1. The molecule has 0 aliphatic carbocycles. The molecule has 1 N–H and O–H groups in total. The Morgan fingerprint density at radius 3 is 2.81 bits per heavy atom. The molecule has 2 aromatic heterocycles. The average molecular weight is 372 g/mol. The van der Waals surface area contributed by atoms with Crippen LogP contribution in [0, 0.1) is 5.92 Å². The molecule has 0 saturated carbocycles. The number of tetrazole rings is 1. The Labute approximate surface area is 156 Å². The molecular weight excluding hydrogens is 348 g/mol. The fourth-order valence-electron chi connectivity index (χ4n) is 4.74. The smallest absolute Gasteiger partial charge is 0.259 e. The van der Waals surface area contributed by atoms with Gasteiger partial charge in [-0.15, -0.1) is 5.10 Å². The van der Waals surface area contributed by atoms with Gasteiger partial charge in [-0.25, -0.2) is 0 Å². The first-order valence-electron chi connectivity index (χ1n) is 9.69. The highest BCUT2D eigenvalue weighted by Crippen LogP contribution is 2.32. The third-order valence-corrected chi connectivity index (χ3v) is 6.14. The number of rotatable bonds is 3. The molecule has 0 radical (unpaired) electrons. The molecule has 1 amide bonds. The van der Waals surface area contributed by atoms with Crippen molar-refractivity contribution in [3.05, 3.63) is 18.1 Å². The normalized spacial score (nSPS) is 27.0. The number of amides is 1. The van der Waals surface area contributed by atoms with Crippen LogP contribution in [0.25, 0.3) is 5.82 Å². The van der Waals surface area contributed by atoms with Crippen molar-refractivity contribution in [1.82, 2.24) is 40.2 Å². The van der Waals surface area contributed by atoms with E-state index in [0.29, 0.717) is 23.3 Å². The summed E-state index contributed by atoms with van der Waals surface area (Å²) in [5.41, 5.74) is 0.521. The zero-order chi connectivity index (χ0) is 18.2. The third-order valence-electron chi connectivity index (χ3n) is 6.14. The molecule has 4 aliphatic heterocycles. The highest BCUT2D eigenvalue weighted by Gasteiger charge is 2.40. The monoisotopic (exact) mass is 372 g/mol. The fourth-order valence-corrected chi connectivity index (χ4v) is 4.74. The van der Waals surface area contributed by atoms with Gasteiger partial charge in [-0.05, 0) is 42.0 Å². The van der Waals surface area contributed by atoms with Gasteiger partial charge < -0.3 is 9.64 Å². The zero-order valence-electron chi connectivity index (χ0n) is 15.2. The second-order valence-electron chi connectivity index (χ2n) is 7.74. The first-order chi connectivity index (χ1) is 13.3. The molecule has 4 saturated heterocycles. The molecule has 0 aromatic carbocycles. The first kappa shape index (κ1) is 16.8. The van der Waals surface area contributed by atoms with Crippen molar-refractivity contribution in [3.8, 4) is 5.82 Å². The van der Waals surface area contributed by atoms with Crippen LogP contribution in [0.1, 0.15) is 36.0 Å². The molecule has 10 heteroatoms. The Kier molecular flexibility index (Phi) is 4.36. The summed E-state index contributed by atoms with van der Waals surface area (Å²) in [5, 5.41) is 18.1. The second-order valence-corrected chi connectivity index (χ2v) is 7.74. The van der Waals surface area contributed by atoms with Gasteiger partial charge in [-0.1, -0.05) is 0 Å². The van der Waals surface area contributed by atoms with Gasteiger partial charge in [0.1, 0.15) is 11.9 Å². The van der Waals surface area contributed by atoms with Crippen molar-refractivity contribution in [2.24, 2.45) is 5.92 Å². The Bertz CT molecular complexity index is 785. The summed E-state index contributed by atoms with van der Waals surface area (Å²) in [5.74, 6) is 1.06. The van der Waals surface area contributed by atoms with Gasteiger partial charge in [0.25, 0.3) is 5.91 Å². The van der Waals surface area contributed by atoms with Crippen LogP contribution in [0.4, 0.5) is 0 Å². The molecule has 10 nitrogen and oxygen atoms in total. The van der Waals surface area contributed by atoms with Crippen molar-refractivity contribution < 1.29 is 9.53 Å². The van der Waals surface area contributed by atoms with Crippen LogP contribution >= 0.6 is 0 Å². The van der Waals surface area contributed by atoms with Crippen LogP contribution in [-0.4, -0.2) is 91.0 Å². The molecule has 0 unspecified atom stereocenters. The number of hydrogen-bond donors (Lipinski definition) is 1. The second kappa shape index (κ2) is 7.01. The zero-order valence-corrected chi connectivity index (χ0v) is 15.2. The lowest BCUT2D eigenvalue weighted by molar-refractivity contribution is 0.0304. The predicted molar refractivity (Wildman–Crippen MR) is 94.3 cm³/mol. The average Bonchev–Trinajstić information content (AvgIpc) is 3.33. The maximum atomic E-state index is 13.3. The van der Waals surface area contributed by atoms with Crippen molar-refractivity contribution in [2.45, 2.75) is 37.8 Å². The Balaban J connectivity index is 1.37. The first-order valence-corrected chi connectivity index (χ1v) is 9.69. The SMILES string of the molecule is O=C(c1cn[nH]c1-n1cnnn1)N1C[C@H]2CC[C@@H]1CN(C1CCOCC1)C2. The number of aromatic amines is 1. The van der Waals surface area contributed by atoms with E-state index in [4.69, 9.17) is 4.74 Å². The quantitative estimate of drug-likeness (QED) is 0.815. The van der Waals surface area contributed by atoms with Gasteiger partial charge in [-0.2, -0.15) is 9.78 Å². The van der Waals surface area contributed by atoms with Crippen LogP contribution in [-0.2, 0) is 4.74 Å². The molecule has 6 rings (SSSR count). The number of ether oxygens (including phenoxy) is 1. The number of nitrogens with zero attached hydrogens (tertiary/aromatic N) is 7. The maximum absolute atomic E-state index is 13.3. The van der Waals surface area contributed by atoms with Gasteiger partial charge in [0.05, 0.1) is 6.20 Å². The minimum Gasteiger partial charge on any atom is -0.381 e. The van der Waals surface area contributed by atoms with Crippen LogP contribution in [0.15, 0.2) is 12.5 Å². The Morgan fingerprint density at radius 1 is 1.11 bits per heavy atom. The van der Waals surface area contributed by atoms with Gasteiger partial charge in [-0.3, -0.25) is 14.8 Å². The van der Waals surface area contributed by atoms with Gasteiger partial charge in [0.15, 0.2) is 5.82 Å². The minimum atomic E-state index is 0.0118. The summed E-state index contributed by atoms with van der Waals surface area (Å²) in [4.78, 5) is 18.0. The van der Waals surface area contributed by atoms with Gasteiger partial charge in [0.2, 0.25) is 0 Å². The van der Waals surface area contributed by atoms with E-state index in [1.807, 2.05) is 4.90 Å². The molecule has 4 aliphatic rings. The molecule has 27 heavy (non-hydrogen) atoms. The summed E-state index contributed by atoms with van der Waals surface area (Å²) >= 11 is 0. The molecular formula is C17H24N8O2. The third kappa shape index (κ3) is 3.12. The molecule has 0 spiro atoms. The maximum Gasteiger partial charge on any atom is 0.259 e. The van der Waals surface area contributed by atoms with E-state index in [0.717, 1.165) is 52.1 Å². The Hall–Kier alpha value is -2.33. The van der Waals surface area contributed by atoms with E-state index < -0.39 is 0 Å². The van der Waals surface area contributed by atoms with E-state index in [-0.39, 0.29) is 11.9 Å². The van der Waals surface area contributed by atoms with Gasteiger partial charge >= 0.3 is 0 Å². The van der Waals surface area contributed by atoms with E-state index in [9.17, 15) is 4.79 Å². The summed E-state index contributed by atoms with van der Waals surface area (Å²) in [6.45, 7) is 4.54. The van der Waals surface area contributed by atoms with Crippen molar-refractivity contribution in [1.29, 1.82) is 0 Å². The van der Waals surface area contributed by atoms with Crippen LogP contribution < -0.4 is 0 Å². The largest absolute Gasteiger partial charge is 0.381 e. The number of nitrogens with one attached hydrogen (secondary N) is 1. The number of H-pyrrole nitrogens is 1. The molecule has 2 atom stereocenters. The van der Waals surface area contributed by atoms with E-state index >= 15 is 0 Å². The van der Waals surface area contributed by atoms with E-state index in [2.05, 4.69) is 30.6 Å². The topological polar surface area (TPSA) is 105 Å². The molecule has 2 aromatic rings. The fraction of sp³-hybridized carbons (Fsp3) is 0.706. The van der Waals surface area contributed by atoms with Crippen LogP contribution in [0.2, 0.25) is 0 Å². The molecule has 6 heterocycles. The van der Waals surface area contributed by atoms with E-state index in [1.54, 1.807) is 6.20 Å². The summed E-state index contributed by atoms with van der Waals surface area (Å²) < 4.78 is 6.98. The number of hydrogen-bond acceptors (Lipinski definition) is 7. The molecule has 2 bridgehead atoms. The molecule has 4 fully saturated rings. The lowest BCUT2D eigenvalue weighted by atomic mass is 9.94. The van der Waals surface area contributed by atoms with Gasteiger partial charge in [0, 0.05) is 44.9 Å². The summed E-state index contributed by atoms with van der Waals surface area (Å²) in [6, 6.07) is 0.832. The predicted octanol–water partition coefficient (Wildman–Crippen LogP) is 0.101. The number of fused-ring (bicyclic) bond motifs is 4. The van der Waals surface area contributed by atoms with E-state index in [1.165, 1.54) is 17.4 Å². The number of aromatic nitrogens is 6. The van der Waals surface area contributed by atoms with Crippen molar-refractivity contribution in [3.63, 3.8) is 0 Å². The van der Waals surface area contributed by atoms with Crippen LogP contribution in [0.3, 0.4) is 0 Å².